The third-order valence-electron chi connectivity index (χ3n) is 1.83. The van der Waals surface area contributed by atoms with E-state index in [1.807, 2.05) is 25.3 Å². The zero-order valence-corrected chi connectivity index (χ0v) is 8.25. The van der Waals surface area contributed by atoms with E-state index in [9.17, 15) is 0 Å². The van der Waals surface area contributed by atoms with Gasteiger partial charge in [0.2, 0.25) is 0 Å². The molecule has 2 nitrogen and oxygen atoms in total. The zero-order valence-electron chi connectivity index (χ0n) is 8.25. The van der Waals surface area contributed by atoms with Crippen molar-refractivity contribution in [2.75, 3.05) is 5.32 Å². The smallest absolute Gasteiger partial charge is 0.126 e. The second kappa shape index (κ2) is 4.65. The van der Waals surface area contributed by atoms with E-state index in [1.54, 1.807) is 0 Å². The molecule has 0 aliphatic carbocycles. The number of hydrogen-bond donors (Lipinski definition) is 1. The number of pyridine rings is 1. The fraction of sp³-hybridized carbons (Fsp3) is 0.364. The Morgan fingerprint density at radius 3 is 2.92 bits per heavy atom. The van der Waals surface area contributed by atoms with E-state index in [0.717, 1.165) is 12.2 Å². The third kappa shape index (κ3) is 3.28. The van der Waals surface area contributed by atoms with Crippen LogP contribution in [-0.2, 0) is 0 Å². The van der Waals surface area contributed by atoms with E-state index in [4.69, 9.17) is 0 Å². The van der Waals surface area contributed by atoms with Gasteiger partial charge in [0, 0.05) is 12.2 Å². The van der Waals surface area contributed by atoms with E-state index in [1.165, 1.54) is 5.56 Å². The molecule has 0 saturated carbocycles. The maximum Gasteiger partial charge on any atom is 0.126 e. The lowest BCUT2D eigenvalue weighted by molar-refractivity contribution is 0.807. The van der Waals surface area contributed by atoms with Gasteiger partial charge in [-0.2, -0.15) is 0 Å². The van der Waals surface area contributed by atoms with Gasteiger partial charge in [-0.1, -0.05) is 12.1 Å². The van der Waals surface area contributed by atoms with Crippen LogP contribution in [0.5, 0.6) is 0 Å². The fourth-order valence-electron chi connectivity index (χ4n) is 1.11. The molecule has 1 atom stereocenters. The van der Waals surface area contributed by atoms with E-state index in [2.05, 4.69) is 29.9 Å². The molecule has 0 aliphatic heterocycles. The Bertz CT molecular complexity index is 264. The molecule has 1 N–H and O–H groups in total. The van der Waals surface area contributed by atoms with Crippen LogP contribution in [0.3, 0.4) is 0 Å². The molecule has 1 heterocycles. The summed E-state index contributed by atoms with van der Waals surface area (Å²) >= 11 is 0. The predicted molar refractivity (Wildman–Crippen MR) is 56.9 cm³/mol. The van der Waals surface area contributed by atoms with Gasteiger partial charge in [0.25, 0.3) is 0 Å². The van der Waals surface area contributed by atoms with Crippen molar-refractivity contribution in [2.45, 2.75) is 26.3 Å². The Kier molecular flexibility index (Phi) is 3.50. The monoisotopic (exact) mass is 176 g/mol. The molecule has 1 aromatic rings. The Morgan fingerprint density at radius 2 is 2.38 bits per heavy atom. The minimum atomic E-state index is 0.396. The molecular weight excluding hydrogens is 160 g/mol. The maximum absolute atomic E-state index is 4.26. The van der Waals surface area contributed by atoms with Gasteiger partial charge in [-0.05, 0) is 31.9 Å². The fourth-order valence-corrected chi connectivity index (χ4v) is 1.11. The maximum atomic E-state index is 4.26. The third-order valence-corrected chi connectivity index (χ3v) is 1.83. The quantitative estimate of drug-likeness (QED) is 0.713. The number of nitrogens with one attached hydrogen (secondary N) is 1. The lowest BCUT2D eigenvalue weighted by Gasteiger charge is -2.11. The highest BCUT2D eigenvalue weighted by Crippen LogP contribution is 2.06. The molecule has 0 radical (unpaired) electrons. The summed E-state index contributed by atoms with van der Waals surface area (Å²) in [6.07, 6.45) is 4.73. The first-order valence-electron chi connectivity index (χ1n) is 4.52. The van der Waals surface area contributed by atoms with Crippen LogP contribution >= 0.6 is 0 Å². The van der Waals surface area contributed by atoms with Crippen LogP contribution in [0.2, 0.25) is 0 Å². The minimum absolute atomic E-state index is 0.396. The SMILES string of the molecule is C=CCC(C)Nc1ccc(C)cn1. The van der Waals surface area contributed by atoms with Gasteiger partial charge in [-0.15, -0.1) is 6.58 Å². The molecule has 0 bridgehead atoms. The van der Waals surface area contributed by atoms with Crippen LogP contribution in [0.1, 0.15) is 18.9 Å². The Labute approximate surface area is 79.7 Å². The van der Waals surface area contributed by atoms with Gasteiger partial charge in [0.15, 0.2) is 0 Å². The largest absolute Gasteiger partial charge is 0.367 e. The van der Waals surface area contributed by atoms with Crippen LogP contribution < -0.4 is 5.32 Å². The van der Waals surface area contributed by atoms with Gasteiger partial charge in [-0.3, -0.25) is 0 Å². The highest BCUT2D eigenvalue weighted by atomic mass is 15.0. The first-order chi connectivity index (χ1) is 6.22. The summed E-state index contributed by atoms with van der Waals surface area (Å²) in [6, 6.07) is 4.44. The van der Waals surface area contributed by atoms with E-state index in [-0.39, 0.29) is 0 Å². The molecule has 13 heavy (non-hydrogen) atoms. The highest BCUT2D eigenvalue weighted by Gasteiger charge is 1.99. The van der Waals surface area contributed by atoms with Crippen molar-refractivity contribution in [3.8, 4) is 0 Å². The summed E-state index contributed by atoms with van der Waals surface area (Å²) < 4.78 is 0. The second-order valence-corrected chi connectivity index (χ2v) is 3.29. The summed E-state index contributed by atoms with van der Waals surface area (Å²) in [7, 11) is 0. The molecule has 2 heteroatoms. The Hall–Kier alpha value is -1.31. The van der Waals surface area contributed by atoms with Crippen molar-refractivity contribution in [1.82, 2.24) is 4.98 Å². The number of anilines is 1. The first kappa shape index (κ1) is 9.78. The molecule has 0 aliphatic rings. The number of aryl methyl sites for hydroxylation is 1. The molecular formula is C11H16N2. The van der Waals surface area contributed by atoms with Crippen LogP contribution in [0.15, 0.2) is 31.0 Å². The minimum Gasteiger partial charge on any atom is -0.367 e. The van der Waals surface area contributed by atoms with Gasteiger partial charge < -0.3 is 5.32 Å². The summed E-state index contributed by atoms with van der Waals surface area (Å²) in [5.41, 5.74) is 1.18. The van der Waals surface area contributed by atoms with Gasteiger partial charge in [0.05, 0.1) is 0 Å². The number of aromatic nitrogens is 1. The van der Waals surface area contributed by atoms with Crippen molar-refractivity contribution in [2.24, 2.45) is 0 Å². The molecule has 1 rings (SSSR count). The number of rotatable bonds is 4. The van der Waals surface area contributed by atoms with Crippen LogP contribution in [0.25, 0.3) is 0 Å². The Morgan fingerprint density at radius 1 is 1.62 bits per heavy atom. The van der Waals surface area contributed by atoms with E-state index in [0.29, 0.717) is 6.04 Å². The van der Waals surface area contributed by atoms with Gasteiger partial charge in [-0.25, -0.2) is 4.98 Å². The molecule has 0 aromatic carbocycles. The average molecular weight is 176 g/mol. The predicted octanol–water partition coefficient (Wildman–Crippen LogP) is 2.77. The van der Waals surface area contributed by atoms with Crippen molar-refractivity contribution >= 4 is 5.82 Å². The lowest BCUT2D eigenvalue weighted by Crippen LogP contribution is -2.14. The number of nitrogens with zero attached hydrogens (tertiary/aromatic N) is 1. The second-order valence-electron chi connectivity index (χ2n) is 3.29. The summed E-state index contributed by atoms with van der Waals surface area (Å²) in [5.74, 6) is 0.931. The van der Waals surface area contributed by atoms with Crippen LogP contribution in [-0.4, -0.2) is 11.0 Å². The number of hydrogen-bond acceptors (Lipinski definition) is 2. The molecule has 0 spiro atoms. The molecule has 0 fully saturated rings. The zero-order chi connectivity index (χ0) is 9.68. The molecule has 0 saturated heterocycles. The van der Waals surface area contributed by atoms with Crippen LogP contribution in [0, 0.1) is 6.92 Å². The molecule has 0 amide bonds. The van der Waals surface area contributed by atoms with Gasteiger partial charge >= 0.3 is 0 Å². The normalized spacial score (nSPS) is 12.2. The van der Waals surface area contributed by atoms with E-state index < -0.39 is 0 Å². The topological polar surface area (TPSA) is 24.9 Å². The summed E-state index contributed by atoms with van der Waals surface area (Å²) in [6.45, 7) is 7.84. The first-order valence-corrected chi connectivity index (χ1v) is 4.52. The summed E-state index contributed by atoms with van der Waals surface area (Å²) in [4.78, 5) is 4.26. The average Bonchev–Trinajstić information content (AvgIpc) is 2.09. The Balaban J connectivity index is 2.53. The van der Waals surface area contributed by atoms with Crippen molar-refractivity contribution in [3.63, 3.8) is 0 Å². The lowest BCUT2D eigenvalue weighted by atomic mass is 10.2. The van der Waals surface area contributed by atoms with Crippen molar-refractivity contribution < 1.29 is 0 Å². The summed E-state index contributed by atoms with van der Waals surface area (Å²) in [5, 5.41) is 3.29. The molecule has 1 unspecified atom stereocenters. The van der Waals surface area contributed by atoms with E-state index >= 15 is 0 Å². The van der Waals surface area contributed by atoms with Crippen molar-refractivity contribution in [3.05, 3.63) is 36.5 Å². The highest BCUT2D eigenvalue weighted by molar-refractivity contribution is 5.36. The molecule has 1 aromatic heterocycles. The van der Waals surface area contributed by atoms with Crippen molar-refractivity contribution in [1.29, 1.82) is 0 Å². The van der Waals surface area contributed by atoms with Crippen LogP contribution in [0.4, 0.5) is 5.82 Å². The molecule has 70 valence electrons. The van der Waals surface area contributed by atoms with Gasteiger partial charge in [0.1, 0.15) is 5.82 Å². The standard InChI is InChI=1S/C11H16N2/c1-4-5-10(3)13-11-7-6-9(2)8-12-11/h4,6-8,10H,1,5H2,2-3H3,(H,12,13).